The first kappa shape index (κ1) is 29.4. The summed E-state index contributed by atoms with van der Waals surface area (Å²) >= 11 is 0. The molecule has 0 radical (unpaired) electrons. The first-order valence-electron chi connectivity index (χ1n) is 11.8. The van der Waals surface area contributed by atoms with Crippen molar-refractivity contribution in [3.8, 4) is 0 Å². The second kappa shape index (κ2) is 9.25. The van der Waals surface area contributed by atoms with Gasteiger partial charge in [0.05, 0.1) is 6.61 Å². The minimum atomic E-state index is -7.38. The number of carbonyl (C=O) groups is 1. The Balaban J connectivity index is 0.000000203. The van der Waals surface area contributed by atoms with Crippen LogP contribution in [0, 0.1) is 53.3 Å². The lowest BCUT2D eigenvalue weighted by Crippen LogP contribution is -2.70. The smallest absolute Gasteiger partial charge is 0.384 e. The highest BCUT2D eigenvalue weighted by atomic mass is 19.4. The van der Waals surface area contributed by atoms with E-state index in [-0.39, 0.29) is 0 Å². The molecule has 0 aromatic rings. The third-order valence-electron chi connectivity index (χ3n) is 9.36. The lowest BCUT2D eigenvalue weighted by molar-refractivity contribution is -0.427. The second-order valence-corrected chi connectivity index (χ2v) is 10.8. The number of aldehydes is 1. The lowest BCUT2D eigenvalue weighted by atomic mass is 9.62. The third-order valence-corrected chi connectivity index (χ3v) is 9.36. The van der Waals surface area contributed by atoms with E-state index in [9.17, 15) is 53.1 Å². The summed E-state index contributed by atoms with van der Waals surface area (Å²) < 4.78 is 141. The van der Waals surface area contributed by atoms with Gasteiger partial charge in [-0.05, 0) is 66.6 Å². The van der Waals surface area contributed by atoms with Gasteiger partial charge in [-0.1, -0.05) is 13.8 Å². The fraction of sp³-hybridized carbons (Fsp3) is 0.957. The Morgan fingerprint density at radius 2 is 1.25 bits per heavy atom. The molecule has 4 bridgehead atoms. The van der Waals surface area contributed by atoms with Gasteiger partial charge in [0.15, 0.2) is 0 Å². The number of rotatable bonds is 6. The molecule has 0 spiro atoms. The fourth-order valence-corrected chi connectivity index (χ4v) is 7.59. The number of fused-ring (bicyclic) bond motifs is 9. The van der Waals surface area contributed by atoms with Crippen molar-refractivity contribution >= 4 is 6.29 Å². The molecule has 0 amide bonds. The van der Waals surface area contributed by atoms with E-state index in [1.807, 2.05) is 0 Å². The van der Waals surface area contributed by atoms with Crippen LogP contribution in [0.5, 0.6) is 0 Å². The SMILES string of the molecule is CC1C(C)C2CC1C1C3CC(C=O)C(C3)C21.COCCC(F)(F)C(F)(F)C(F)(C(F)(F)F)C(F)(F)F. The van der Waals surface area contributed by atoms with E-state index in [1.54, 1.807) is 0 Å². The van der Waals surface area contributed by atoms with Crippen molar-refractivity contribution in [1.29, 1.82) is 0 Å². The number of ether oxygens (including phenoxy) is 1. The highest BCUT2D eigenvalue weighted by molar-refractivity contribution is 5.55. The Hall–Kier alpha value is -1.14. The van der Waals surface area contributed by atoms with Crippen LogP contribution >= 0.6 is 0 Å². The minimum absolute atomic E-state index is 0.438. The average molecular weight is 546 g/mol. The number of hydrogen-bond donors (Lipinski definition) is 0. The predicted octanol–water partition coefficient (Wildman–Crippen LogP) is 7.12. The van der Waals surface area contributed by atoms with Gasteiger partial charge in [-0.3, -0.25) is 0 Å². The maximum absolute atomic E-state index is 13.0. The molecule has 36 heavy (non-hydrogen) atoms. The van der Waals surface area contributed by atoms with Crippen molar-refractivity contribution in [2.24, 2.45) is 53.3 Å². The topological polar surface area (TPSA) is 26.3 Å². The van der Waals surface area contributed by atoms with Gasteiger partial charge in [0.2, 0.25) is 0 Å². The summed E-state index contributed by atoms with van der Waals surface area (Å²) in [5.74, 6) is -4.98. The molecule has 4 aliphatic rings. The van der Waals surface area contributed by atoms with Crippen LogP contribution in [-0.4, -0.2) is 49.9 Å². The van der Waals surface area contributed by atoms with E-state index in [2.05, 4.69) is 18.6 Å². The molecule has 2 nitrogen and oxygen atoms in total. The molecule has 0 heterocycles. The van der Waals surface area contributed by atoms with E-state index in [0.717, 1.165) is 47.3 Å². The largest absolute Gasteiger partial charge is 0.438 e. The molecule has 0 N–H and O–H groups in total. The van der Waals surface area contributed by atoms with Gasteiger partial charge in [-0.2, -0.15) is 43.9 Å². The monoisotopic (exact) mass is 546 g/mol. The normalized spacial score (nSPS) is 38.1. The van der Waals surface area contributed by atoms with Crippen molar-refractivity contribution in [3.05, 3.63) is 0 Å². The van der Waals surface area contributed by atoms with Gasteiger partial charge < -0.3 is 9.53 Å². The molecule has 0 saturated heterocycles. The lowest BCUT2D eigenvalue weighted by Gasteiger charge is -2.42. The molecule has 4 aliphatic carbocycles. The van der Waals surface area contributed by atoms with Gasteiger partial charge in [-0.25, -0.2) is 4.39 Å². The van der Waals surface area contributed by atoms with Crippen LogP contribution in [0.2, 0.25) is 0 Å². The summed E-state index contributed by atoms with van der Waals surface area (Å²) in [6.45, 7) is 3.65. The number of alkyl halides is 11. The summed E-state index contributed by atoms with van der Waals surface area (Å²) in [5.41, 5.74) is -7.38. The molecule has 9 atom stereocenters. The second-order valence-electron chi connectivity index (χ2n) is 10.8. The fourth-order valence-electron chi connectivity index (χ4n) is 7.59. The number of halogens is 11. The molecule has 0 aromatic heterocycles. The van der Waals surface area contributed by atoms with Crippen LogP contribution < -0.4 is 0 Å². The van der Waals surface area contributed by atoms with E-state index >= 15 is 0 Å². The summed E-state index contributed by atoms with van der Waals surface area (Å²) in [7, 11) is 0.685. The quantitative estimate of drug-likeness (QED) is 0.202. The standard InChI is InChI=1S/C15H22O.C8H7F11O/c1-7-8(2)12-5-11(7)14-9-3-10(6-16)13(4-9)15(12)14;1-20-3-2-4(9,10)6(12,13)5(11,7(14,15)16)8(17,18)19/h6-15H,3-5H2,1-2H3;2-3H2,1H3. The highest BCUT2D eigenvalue weighted by Crippen LogP contribution is 2.71. The zero-order valence-electron chi connectivity index (χ0n) is 19.8. The molecule has 0 aromatic carbocycles. The summed E-state index contributed by atoms with van der Waals surface area (Å²) in [4.78, 5) is 11.1. The first-order chi connectivity index (χ1) is 16.3. The van der Waals surface area contributed by atoms with Crippen molar-refractivity contribution in [1.82, 2.24) is 0 Å². The van der Waals surface area contributed by atoms with Crippen LogP contribution in [0.1, 0.15) is 39.5 Å². The molecule has 210 valence electrons. The van der Waals surface area contributed by atoms with Gasteiger partial charge in [0.25, 0.3) is 0 Å². The van der Waals surface area contributed by atoms with E-state index in [1.165, 1.54) is 25.5 Å². The van der Waals surface area contributed by atoms with Gasteiger partial charge in [0, 0.05) is 19.4 Å². The van der Waals surface area contributed by atoms with Crippen molar-refractivity contribution in [2.45, 2.75) is 69.4 Å². The van der Waals surface area contributed by atoms with E-state index in [0.29, 0.717) is 13.0 Å². The maximum Gasteiger partial charge on any atom is 0.438 e. The predicted molar refractivity (Wildman–Crippen MR) is 105 cm³/mol. The van der Waals surface area contributed by atoms with Gasteiger partial charge in [0.1, 0.15) is 6.29 Å². The Labute approximate surface area is 201 Å². The molecule has 9 unspecified atom stereocenters. The first-order valence-corrected chi connectivity index (χ1v) is 11.8. The van der Waals surface area contributed by atoms with E-state index in [4.69, 9.17) is 0 Å². The van der Waals surface area contributed by atoms with Crippen molar-refractivity contribution in [3.63, 3.8) is 0 Å². The molecule has 4 saturated carbocycles. The summed E-state index contributed by atoms with van der Waals surface area (Å²) in [6.07, 6.45) is -11.4. The highest BCUT2D eigenvalue weighted by Gasteiger charge is 2.89. The number of carbonyl (C=O) groups excluding carboxylic acids is 1. The maximum atomic E-state index is 13.0. The summed E-state index contributed by atoms with van der Waals surface area (Å²) in [6, 6.07) is 0. The Bertz CT molecular complexity index is 795. The number of hydrogen-bond acceptors (Lipinski definition) is 2. The zero-order valence-corrected chi connectivity index (χ0v) is 19.8. The molecular weight excluding hydrogens is 517 g/mol. The van der Waals surface area contributed by atoms with Gasteiger partial charge in [-0.15, -0.1) is 0 Å². The van der Waals surface area contributed by atoms with Crippen molar-refractivity contribution < 1.29 is 57.8 Å². The van der Waals surface area contributed by atoms with Crippen LogP contribution in [0.3, 0.4) is 0 Å². The minimum Gasteiger partial charge on any atom is -0.384 e. The van der Waals surface area contributed by atoms with Crippen LogP contribution in [0.4, 0.5) is 48.3 Å². The Kier molecular flexibility index (Phi) is 7.56. The molecular formula is C23H29F11O2. The third kappa shape index (κ3) is 4.13. The van der Waals surface area contributed by atoms with Crippen LogP contribution in [0.15, 0.2) is 0 Å². The molecule has 4 rings (SSSR count). The average Bonchev–Trinajstić information content (AvgIpc) is 3.50. The van der Waals surface area contributed by atoms with Crippen LogP contribution in [-0.2, 0) is 9.53 Å². The van der Waals surface area contributed by atoms with Gasteiger partial charge >= 0.3 is 29.9 Å². The van der Waals surface area contributed by atoms with E-state index < -0.39 is 42.9 Å². The summed E-state index contributed by atoms with van der Waals surface area (Å²) in [5, 5.41) is 0. The Morgan fingerprint density at radius 3 is 1.69 bits per heavy atom. The van der Waals surface area contributed by atoms with Crippen molar-refractivity contribution in [2.75, 3.05) is 13.7 Å². The van der Waals surface area contributed by atoms with Crippen LogP contribution in [0.25, 0.3) is 0 Å². The molecule has 0 aliphatic heterocycles. The molecule has 4 fully saturated rings. The molecule has 13 heteroatoms. The number of methoxy groups -OCH3 is 1. The Morgan fingerprint density at radius 1 is 0.750 bits per heavy atom. The zero-order chi connectivity index (χ0) is 27.6.